The molecule has 8 aromatic rings. The number of aromatic nitrogens is 2. The summed E-state index contributed by atoms with van der Waals surface area (Å²) in [4.78, 5) is 5.02. The Hall–Kier alpha value is -4.99. The summed E-state index contributed by atoms with van der Waals surface area (Å²) in [6, 6.07) is 24.6. The normalized spacial score (nSPS) is 14.7. The fourth-order valence-corrected chi connectivity index (χ4v) is 6.50. The highest BCUT2D eigenvalue weighted by atomic mass is 32.1. The van der Waals surface area contributed by atoms with Gasteiger partial charge in [-0.05, 0) is 47.0 Å². The van der Waals surface area contributed by atoms with Gasteiger partial charge in [0, 0.05) is 31.3 Å². The van der Waals surface area contributed by atoms with Crippen molar-refractivity contribution in [3.63, 3.8) is 0 Å². The van der Waals surface area contributed by atoms with Gasteiger partial charge in [-0.1, -0.05) is 115 Å². The molecular weight excluding hydrogens is 504 g/mol. The fourth-order valence-electron chi connectivity index (χ4n) is 5.25. The van der Waals surface area contributed by atoms with Crippen molar-refractivity contribution < 1.29 is 12.3 Å². The van der Waals surface area contributed by atoms with Crippen molar-refractivity contribution in [1.82, 2.24) is 9.55 Å². The molecule has 40 heavy (non-hydrogen) atoms. The largest absolute Gasteiger partial charge is 0.292 e. The summed E-state index contributed by atoms with van der Waals surface area (Å²) >= 11 is 1.59. The fraction of sp³-hybridized carbons (Fsp3) is 0. The van der Waals surface area contributed by atoms with Crippen LogP contribution in [0, 0.1) is 0 Å². The number of nitrogens with zero attached hydrogens (tertiary/aromatic N) is 2. The van der Waals surface area contributed by atoms with Crippen molar-refractivity contribution in [2.24, 2.45) is 0 Å². The monoisotopic (exact) mass is 537 g/mol. The highest BCUT2D eigenvalue weighted by Gasteiger charge is 2.20. The van der Waals surface area contributed by atoms with E-state index in [0.717, 1.165) is 36.9 Å². The maximum absolute atomic E-state index is 9.19. The van der Waals surface area contributed by atoms with Crippen LogP contribution in [-0.4, -0.2) is 9.55 Å². The molecule has 0 N–H and O–H groups in total. The van der Waals surface area contributed by atoms with Crippen LogP contribution in [0.2, 0.25) is 0 Å². The lowest BCUT2D eigenvalue weighted by molar-refractivity contribution is 1.11. The van der Waals surface area contributed by atoms with Crippen molar-refractivity contribution in [2.45, 2.75) is 0 Å². The predicted molar refractivity (Wildman–Crippen MR) is 170 cm³/mol. The SMILES string of the molecule is [2H]c1c([2H])c([2H])c(-c2c([2H])c([2H])c([2H])c([2H])c2-n2c(-c3cccc4c3sc3cc(-c5ccccc5)ccc34)nc3ccccc32)c([2H])c1[2H]. The molecule has 0 fully saturated rings. The first-order chi connectivity index (χ1) is 23.6. The molecule has 0 radical (unpaired) electrons. The number of thiophene rings is 1. The van der Waals surface area contributed by atoms with E-state index in [1.165, 1.54) is 0 Å². The van der Waals surface area contributed by atoms with Gasteiger partial charge < -0.3 is 0 Å². The number of rotatable bonds is 4. The molecule has 6 aromatic carbocycles. The lowest BCUT2D eigenvalue weighted by Gasteiger charge is -2.15. The first-order valence-corrected chi connectivity index (χ1v) is 13.6. The predicted octanol–water partition coefficient (Wildman–Crippen LogP) is 10.4. The smallest absolute Gasteiger partial charge is 0.147 e. The van der Waals surface area contributed by atoms with Gasteiger partial charge in [0.25, 0.3) is 0 Å². The minimum absolute atomic E-state index is 0.0577. The second kappa shape index (κ2) is 9.33. The Morgan fingerprint density at radius 2 is 1.40 bits per heavy atom. The molecule has 0 aliphatic rings. The van der Waals surface area contributed by atoms with Gasteiger partial charge in [-0.15, -0.1) is 11.3 Å². The standard InChI is InChI=1S/C37H24N2S/c1-3-12-25(13-4-1)27-22-23-29-30-17-11-18-31(36(30)40-35(29)24-27)37-38-32-19-8-10-21-34(32)39(37)33-20-9-7-16-28(33)26-14-5-2-6-15-26/h1-24H/i2D,5D,6D,7D,9D,14D,15D,16D,20D. The number of imidazole rings is 1. The van der Waals surface area contributed by atoms with E-state index in [4.69, 9.17) is 16.0 Å². The van der Waals surface area contributed by atoms with Gasteiger partial charge in [0.05, 0.1) is 29.1 Å². The van der Waals surface area contributed by atoms with Gasteiger partial charge in [-0.25, -0.2) is 4.98 Å². The topological polar surface area (TPSA) is 17.8 Å². The Morgan fingerprint density at radius 1 is 0.600 bits per heavy atom. The number of para-hydroxylation sites is 3. The molecule has 188 valence electrons. The molecule has 0 spiro atoms. The van der Waals surface area contributed by atoms with Crippen molar-refractivity contribution in [3.05, 3.63) is 145 Å². The van der Waals surface area contributed by atoms with Crippen molar-refractivity contribution >= 4 is 42.5 Å². The molecule has 2 heterocycles. The quantitative estimate of drug-likeness (QED) is 0.218. The third kappa shape index (κ3) is 3.67. The Morgan fingerprint density at radius 3 is 2.30 bits per heavy atom. The van der Waals surface area contributed by atoms with Crippen LogP contribution < -0.4 is 0 Å². The highest BCUT2D eigenvalue weighted by Crippen LogP contribution is 2.43. The van der Waals surface area contributed by atoms with E-state index >= 15 is 0 Å². The minimum atomic E-state index is -0.602. The van der Waals surface area contributed by atoms with Gasteiger partial charge >= 0.3 is 0 Å². The van der Waals surface area contributed by atoms with E-state index in [2.05, 4.69) is 30.3 Å². The Bertz CT molecular complexity index is 2640. The Labute approximate surface area is 249 Å². The molecule has 0 amide bonds. The summed E-state index contributed by atoms with van der Waals surface area (Å²) < 4.78 is 81.4. The summed E-state index contributed by atoms with van der Waals surface area (Å²) in [6.07, 6.45) is 0. The molecule has 3 heteroatoms. The van der Waals surface area contributed by atoms with Crippen LogP contribution in [0.15, 0.2) is 145 Å². The van der Waals surface area contributed by atoms with Crippen molar-refractivity contribution in [1.29, 1.82) is 0 Å². The summed E-state index contributed by atoms with van der Waals surface area (Å²) in [5, 5.41) is 2.06. The van der Waals surface area contributed by atoms with Crippen molar-refractivity contribution in [3.8, 4) is 39.3 Å². The summed E-state index contributed by atoms with van der Waals surface area (Å²) in [7, 11) is 0. The highest BCUT2D eigenvalue weighted by molar-refractivity contribution is 7.26. The average molecular weight is 538 g/mol. The zero-order valence-electron chi connectivity index (χ0n) is 30.0. The van der Waals surface area contributed by atoms with Crippen LogP contribution in [0.4, 0.5) is 0 Å². The molecular formula is C37H24N2S. The molecule has 2 aromatic heterocycles. The molecule has 0 saturated carbocycles. The second-order valence-corrected chi connectivity index (χ2v) is 10.4. The zero-order valence-corrected chi connectivity index (χ0v) is 21.8. The van der Waals surface area contributed by atoms with Gasteiger partial charge in [0.1, 0.15) is 5.82 Å². The number of benzene rings is 6. The molecule has 2 nitrogen and oxygen atoms in total. The Balaban J connectivity index is 1.48. The number of fused-ring (bicyclic) bond motifs is 4. The van der Waals surface area contributed by atoms with E-state index < -0.39 is 54.4 Å². The maximum Gasteiger partial charge on any atom is 0.147 e. The zero-order chi connectivity index (χ0) is 34.3. The summed E-state index contributed by atoms with van der Waals surface area (Å²) in [6.45, 7) is 0. The van der Waals surface area contributed by atoms with Gasteiger partial charge in [-0.3, -0.25) is 4.57 Å². The third-order valence-corrected chi connectivity index (χ3v) is 8.25. The van der Waals surface area contributed by atoms with Crippen LogP contribution in [0.3, 0.4) is 0 Å². The number of hydrogen-bond donors (Lipinski definition) is 0. The second-order valence-electron chi connectivity index (χ2n) is 9.34. The lowest BCUT2D eigenvalue weighted by Crippen LogP contribution is -2.00. The summed E-state index contributed by atoms with van der Waals surface area (Å²) in [5.74, 6) is 0.389. The van der Waals surface area contributed by atoms with Crippen LogP contribution in [0.5, 0.6) is 0 Å². The van der Waals surface area contributed by atoms with Gasteiger partial charge in [0.2, 0.25) is 0 Å². The van der Waals surface area contributed by atoms with Crippen LogP contribution >= 0.6 is 11.3 Å². The first-order valence-electron chi connectivity index (χ1n) is 17.2. The minimum Gasteiger partial charge on any atom is -0.292 e. The molecule has 0 saturated heterocycles. The molecule has 0 unspecified atom stereocenters. The maximum atomic E-state index is 9.19. The first kappa shape index (κ1) is 15.6. The van der Waals surface area contributed by atoms with Crippen molar-refractivity contribution in [2.75, 3.05) is 0 Å². The van der Waals surface area contributed by atoms with Crippen LogP contribution in [-0.2, 0) is 0 Å². The van der Waals surface area contributed by atoms with E-state index in [1.807, 2.05) is 48.5 Å². The van der Waals surface area contributed by atoms with E-state index in [0.29, 0.717) is 16.9 Å². The van der Waals surface area contributed by atoms with Gasteiger partial charge in [0.15, 0.2) is 0 Å². The van der Waals surface area contributed by atoms with Crippen LogP contribution in [0.1, 0.15) is 12.3 Å². The molecule has 0 atom stereocenters. The molecule has 0 aliphatic heterocycles. The lowest BCUT2D eigenvalue weighted by atomic mass is 10.0. The molecule has 0 bridgehead atoms. The van der Waals surface area contributed by atoms with E-state index in [1.54, 1.807) is 28.0 Å². The van der Waals surface area contributed by atoms with Gasteiger partial charge in [-0.2, -0.15) is 0 Å². The van der Waals surface area contributed by atoms with Crippen LogP contribution in [0.25, 0.3) is 70.5 Å². The number of hydrogen-bond acceptors (Lipinski definition) is 2. The summed E-state index contributed by atoms with van der Waals surface area (Å²) in [5.41, 5.74) is 3.41. The van der Waals surface area contributed by atoms with E-state index in [9.17, 15) is 1.37 Å². The Kier molecular flexibility index (Phi) is 3.63. The molecule has 8 rings (SSSR count). The third-order valence-electron chi connectivity index (χ3n) is 7.05. The molecule has 0 aliphatic carbocycles. The van der Waals surface area contributed by atoms with E-state index in [-0.39, 0.29) is 16.8 Å². The average Bonchev–Trinajstić information content (AvgIpc) is 3.70.